The number of hydrogen-bond acceptors (Lipinski definition) is 3. The predicted molar refractivity (Wildman–Crippen MR) is 49.9 cm³/mol. The summed E-state index contributed by atoms with van der Waals surface area (Å²) < 4.78 is 10.8. The third-order valence-electron chi connectivity index (χ3n) is 1.75. The first-order valence-electron chi connectivity index (χ1n) is 4.69. The van der Waals surface area contributed by atoms with Crippen LogP contribution in [0.3, 0.4) is 0 Å². The Morgan fingerprint density at radius 2 is 1.67 bits per heavy atom. The number of rotatable bonds is 7. The van der Waals surface area contributed by atoms with E-state index < -0.39 is 0 Å². The lowest BCUT2D eigenvalue weighted by atomic mass is 10.1. The van der Waals surface area contributed by atoms with Gasteiger partial charge in [-0.1, -0.05) is 6.92 Å². The van der Waals surface area contributed by atoms with Gasteiger partial charge < -0.3 is 15.2 Å². The van der Waals surface area contributed by atoms with E-state index in [0.29, 0.717) is 25.7 Å². The molecule has 12 heavy (non-hydrogen) atoms. The minimum atomic E-state index is -0.0800. The van der Waals surface area contributed by atoms with Crippen LogP contribution in [0.5, 0.6) is 0 Å². The van der Waals surface area contributed by atoms with Gasteiger partial charge in [0.25, 0.3) is 0 Å². The highest BCUT2D eigenvalue weighted by atomic mass is 16.7. The fraction of sp³-hybridized carbons (Fsp3) is 1.00. The maximum atomic E-state index is 5.45. The summed E-state index contributed by atoms with van der Waals surface area (Å²) >= 11 is 0. The van der Waals surface area contributed by atoms with Crippen molar-refractivity contribution in [1.82, 2.24) is 0 Å². The molecule has 74 valence electrons. The second-order valence-corrected chi connectivity index (χ2v) is 2.83. The van der Waals surface area contributed by atoms with E-state index in [2.05, 4.69) is 6.92 Å². The molecule has 0 saturated heterocycles. The van der Waals surface area contributed by atoms with Gasteiger partial charge in [0.05, 0.1) is 0 Å². The van der Waals surface area contributed by atoms with Crippen LogP contribution in [0.1, 0.15) is 27.2 Å². The number of nitrogens with two attached hydrogens (primary N) is 1. The van der Waals surface area contributed by atoms with Gasteiger partial charge in [0.1, 0.15) is 0 Å². The minimum absolute atomic E-state index is 0.0800. The van der Waals surface area contributed by atoms with Gasteiger partial charge in [-0.3, -0.25) is 0 Å². The Labute approximate surface area is 75.2 Å². The van der Waals surface area contributed by atoms with Gasteiger partial charge in [0.15, 0.2) is 6.29 Å². The molecule has 0 fully saturated rings. The van der Waals surface area contributed by atoms with Crippen LogP contribution >= 0.6 is 0 Å². The van der Waals surface area contributed by atoms with Crippen molar-refractivity contribution in [3.05, 3.63) is 0 Å². The van der Waals surface area contributed by atoms with E-state index >= 15 is 0 Å². The van der Waals surface area contributed by atoms with Crippen molar-refractivity contribution in [2.75, 3.05) is 19.8 Å². The maximum absolute atomic E-state index is 5.45. The molecule has 1 unspecified atom stereocenters. The average molecular weight is 175 g/mol. The molecular formula is C9H21NO2. The second kappa shape index (κ2) is 7.53. The third-order valence-corrected chi connectivity index (χ3v) is 1.75. The normalized spacial score (nSPS) is 13.8. The molecule has 0 aliphatic carbocycles. The van der Waals surface area contributed by atoms with Crippen LogP contribution in [-0.4, -0.2) is 26.0 Å². The summed E-state index contributed by atoms with van der Waals surface area (Å²) in [7, 11) is 0. The minimum Gasteiger partial charge on any atom is -0.353 e. The van der Waals surface area contributed by atoms with Crippen molar-refractivity contribution >= 4 is 0 Å². The summed E-state index contributed by atoms with van der Waals surface area (Å²) in [5.41, 5.74) is 5.45. The monoisotopic (exact) mass is 175 g/mol. The van der Waals surface area contributed by atoms with Crippen LogP contribution in [0.25, 0.3) is 0 Å². The third kappa shape index (κ3) is 4.70. The Morgan fingerprint density at radius 1 is 1.17 bits per heavy atom. The highest BCUT2D eigenvalue weighted by Crippen LogP contribution is 2.12. The van der Waals surface area contributed by atoms with Crippen LogP contribution in [-0.2, 0) is 9.47 Å². The molecule has 0 aliphatic heterocycles. The van der Waals surface area contributed by atoms with Crippen LogP contribution in [0.2, 0.25) is 0 Å². The molecule has 3 heteroatoms. The summed E-state index contributed by atoms with van der Waals surface area (Å²) in [5.74, 6) is 0.384. The molecule has 3 nitrogen and oxygen atoms in total. The highest BCUT2D eigenvalue weighted by molar-refractivity contribution is 4.57. The van der Waals surface area contributed by atoms with E-state index in [0.717, 1.165) is 6.42 Å². The van der Waals surface area contributed by atoms with Gasteiger partial charge in [-0.05, 0) is 26.8 Å². The van der Waals surface area contributed by atoms with E-state index in [-0.39, 0.29) is 6.29 Å². The molecule has 0 heterocycles. The van der Waals surface area contributed by atoms with Crippen LogP contribution in [0.4, 0.5) is 0 Å². The first-order chi connectivity index (χ1) is 5.76. The van der Waals surface area contributed by atoms with Crippen molar-refractivity contribution in [1.29, 1.82) is 0 Å². The summed E-state index contributed by atoms with van der Waals surface area (Å²) in [6.07, 6.45) is 0.869. The summed E-state index contributed by atoms with van der Waals surface area (Å²) in [6.45, 7) is 8.13. The smallest absolute Gasteiger partial charge is 0.160 e. The van der Waals surface area contributed by atoms with Crippen LogP contribution in [0, 0.1) is 5.92 Å². The topological polar surface area (TPSA) is 44.5 Å². The van der Waals surface area contributed by atoms with E-state index in [1.165, 1.54) is 0 Å². The van der Waals surface area contributed by atoms with Gasteiger partial charge in [-0.25, -0.2) is 0 Å². The Bertz CT molecular complexity index is 92.5. The van der Waals surface area contributed by atoms with Gasteiger partial charge in [0.2, 0.25) is 0 Å². The van der Waals surface area contributed by atoms with Crippen molar-refractivity contribution in [3.8, 4) is 0 Å². The number of ether oxygens (including phenoxy) is 2. The van der Waals surface area contributed by atoms with Gasteiger partial charge in [0, 0.05) is 19.1 Å². The fourth-order valence-corrected chi connectivity index (χ4v) is 1.10. The lowest BCUT2D eigenvalue weighted by Crippen LogP contribution is -2.27. The molecule has 0 spiro atoms. The molecule has 2 N–H and O–H groups in total. The zero-order valence-electron chi connectivity index (χ0n) is 8.38. The summed E-state index contributed by atoms with van der Waals surface area (Å²) in [6, 6.07) is 0. The molecule has 0 radical (unpaired) electrons. The quantitative estimate of drug-likeness (QED) is 0.594. The Kier molecular flexibility index (Phi) is 7.45. The zero-order valence-corrected chi connectivity index (χ0v) is 8.38. The fourth-order valence-electron chi connectivity index (χ4n) is 1.10. The summed E-state index contributed by atoms with van der Waals surface area (Å²) in [4.78, 5) is 0. The molecule has 0 aromatic rings. The van der Waals surface area contributed by atoms with E-state index in [9.17, 15) is 0 Å². The number of hydrogen-bond donors (Lipinski definition) is 1. The Morgan fingerprint density at radius 3 is 2.00 bits per heavy atom. The lowest BCUT2D eigenvalue weighted by molar-refractivity contribution is -0.164. The molecule has 0 rings (SSSR count). The van der Waals surface area contributed by atoms with E-state index in [1.54, 1.807) is 0 Å². The largest absolute Gasteiger partial charge is 0.353 e. The first-order valence-corrected chi connectivity index (χ1v) is 4.69. The van der Waals surface area contributed by atoms with E-state index in [1.807, 2.05) is 13.8 Å². The predicted octanol–water partition coefficient (Wildman–Crippen LogP) is 1.37. The molecule has 1 atom stereocenters. The van der Waals surface area contributed by atoms with Gasteiger partial charge in [-0.2, -0.15) is 0 Å². The summed E-state index contributed by atoms with van der Waals surface area (Å²) in [5, 5.41) is 0. The SMILES string of the molecule is CCOC(OCC)C(C)CCN. The van der Waals surface area contributed by atoms with Crippen molar-refractivity contribution in [2.24, 2.45) is 11.7 Å². The maximum Gasteiger partial charge on any atom is 0.160 e. The molecule has 0 saturated carbocycles. The second-order valence-electron chi connectivity index (χ2n) is 2.83. The van der Waals surface area contributed by atoms with Gasteiger partial charge >= 0.3 is 0 Å². The van der Waals surface area contributed by atoms with E-state index in [4.69, 9.17) is 15.2 Å². The van der Waals surface area contributed by atoms with Crippen molar-refractivity contribution in [3.63, 3.8) is 0 Å². The van der Waals surface area contributed by atoms with Crippen LogP contribution in [0.15, 0.2) is 0 Å². The van der Waals surface area contributed by atoms with Crippen molar-refractivity contribution < 1.29 is 9.47 Å². The van der Waals surface area contributed by atoms with Crippen LogP contribution < -0.4 is 5.73 Å². The first kappa shape index (κ1) is 11.9. The Hall–Kier alpha value is -0.120. The molecule has 0 aromatic heterocycles. The molecule has 0 amide bonds. The molecule has 0 aliphatic rings. The van der Waals surface area contributed by atoms with Crippen molar-refractivity contribution in [2.45, 2.75) is 33.5 Å². The zero-order chi connectivity index (χ0) is 9.40. The van der Waals surface area contributed by atoms with Gasteiger partial charge in [-0.15, -0.1) is 0 Å². The molecular weight excluding hydrogens is 154 g/mol. The molecule has 0 bridgehead atoms. The standard InChI is InChI=1S/C9H21NO2/c1-4-11-9(12-5-2)8(3)6-7-10/h8-9H,4-7,10H2,1-3H3. The molecule has 0 aromatic carbocycles. The lowest BCUT2D eigenvalue weighted by Gasteiger charge is -2.22. The highest BCUT2D eigenvalue weighted by Gasteiger charge is 2.16. The average Bonchev–Trinajstić information content (AvgIpc) is 2.04. The Balaban J connectivity index is 3.72.